The van der Waals surface area contributed by atoms with E-state index in [2.05, 4.69) is 10.3 Å². The Balaban J connectivity index is 1.76. The summed E-state index contributed by atoms with van der Waals surface area (Å²) in [7, 11) is 1.56. The quantitative estimate of drug-likeness (QED) is 0.886. The number of carboxylic acid groups (broad SMARTS) is 1. The molecule has 0 saturated heterocycles. The van der Waals surface area contributed by atoms with Crippen molar-refractivity contribution in [3.63, 3.8) is 0 Å². The van der Waals surface area contributed by atoms with Gasteiger partial charge in [0, 0.05) is 23.7 Å². The number of amides is 1. The van der Waals surface area contributed by atoms with Crippen molar-refractivity contribution < 1.29 is 19.4 Å². The maximum absolute atomic E-state index is 12.2. The Morgan fingerprint density at radius 1 is 1.35 bits per heavy atom. The second-order valence-electron chi connectivity index (χ2n) is 5.92. The molecule has 1 aromatic carbocycles. The molecule has 0 atom stereocenters. The maximum atomic E-state index is 12.2. The number of anilines is 1. The molecule has 1 aromatic heterocycles. The molecule has 2 N–H and O–H groups in total. The molecule has 6 nitrogen and oxygen atoms in total. The van der Waals surface area contributed by atoms with Crippen molar-refractivity contribution in [2.75, 3.05) is 12.4 Å². The number of methoxy groups -OCH3 is 1. The van der Waals surface area contributed by atoms with Crippen LogP contribution in [0.5, 0.6) is 5.88 Å². The van der Waals surface area contributed by atoms with E-state index in [0.29, 0.717) is 24.4 Å². The monoisotopic (exact) mass is 314 g/mol. The van der Waals surface area contributed by atoms with Crippen LogP contribution in [-0.4, -0.2) is 29.1 Å². The van der Waals surface area contributed by atoms with Gasteiger partial charge in [-0.25, -0.2) is 4.98 Å². The number of ether oxygens (including phenoxy) is 1. The number of aromatic nitrogens is 1. The summed E-state index contributed by atoms with van der Waals surface area (Å²) in [5.74, 6) is -0.625. The van der Waals surface area contributed by atoms with Crippen molar-refractivity contribution >= 4 is 28.3 Å². The van der Waals surface area contributed by atoms with E-state index in [1.165, 1.54) is 0 Å². The smallest absolute Gasteiger partial charge is 0.310 e. The molecule has 1 aliphatic carbocycles. The Labute approximate surface area is 133 Å². The van der Waals surface area contributed by atoms with Gasteiger partial charge in [0.15, 0.2) is 0 Å². The van der Waals surface area contributed by atoms with E-state index in [9.17, 15) is 14.7 Å². The van der Waals surface area contributed by atoms with Gasteiger partial charge in [-0.15, -0.1) is 0 Å². The van der Waals surface area contributed by atoms with Crippen LogP contribution in [0.15, 0.2) is 30.5 Å². The van der Waals surface area contributed by atoms with Crippen LogP contribution in [0.3, 0.4) is 0 Å². The van der Waals surface area contributed by atoms with E-state index in [1.807, 2.05) is 18.2 Å². The maximum Gasteiger partial charge on any atom is 0.310 e. The number of hydrogen-bond acceptors (Lipinski definition) is 4. The lowest BCUT2D eigenvalue weighted by molar-refractivity contribution is -0.157. The first kappa shape index (κ1) is 15.3. The number of fused-ring (bicyclic) bond motifs is 1. The summed E-state index contributed by atoms with van der Waals surface area (Å²) in [6, 6.07) is 7.25. The third kappa shape index (κ3) is 2.84. The third-order valence-electron chi connectivity index (χ3n) is 4.47. The molecule has 6 heteroatoms. The molecule has 1 fully saturated rings. The highest BCUT2D eigenvalue weighted by molar-refractivity contribution is 5.97. The van der Waals surface area contributed by atoms with E-state index in [-0.39, 0.29) is 12.3 Å². The summed E-state index contributed by atoms with van der Waals surface area (Å²) in [6.45, 7) is 0. The molecule has 0 spiro atoms. The van der Waals surface area contributed by atoms with Gasteiger partial charge in [0.25, 0.3) is 0 Å². The summed E-state index contributed by atoms with van der Waals surface area (Å²) < 4.78 is 5.20. The van der Waals surface area contributed by atoms with Crippen LogP contribution < -0.4 is 10.1 Å². The zero-order valence-electron chi connectivity index (χ0n) is 12.8. The second kappa shape index (κ2) is 5.87. The minimum Gasteiger partial charge on any atom is -0.481 e. The number of nitrogens with one attached hydrogen (secondary N) is 1. The molecule has 1 saturated carbocycles. The van der Waals surface area contributed by atoms with E-state index < -0.39 is 11.4 Å². The van der Waals surface area contributed by atoms with Crippen LogP contribution in [-0.2, 0) is 9.59 Å². The average molecular weight is 314 g/mol. The predicted octanol–water partition coefficient (Wildman–Crippen LogP) is 2.83. The molecule has 0 radical (unpaired) electrons. The average Bonchev–Trinajstić information content (AvgIpc) is 2.49. The number of nitrogens with zero attached hydrogens (tertiary/aromatic N) is 1. The number of benzene rings is 1. The van der Waals surface area contributed by atoms with E-state index in [1.54, 1.807) is 19.4 Å². The highest BCUT2D eigenvalue weighted by atomic mass is 16.5. The Morgan fingerprint density at radius 2 is 2.13 bits per heavy atom. The molecule has 0 bridgehead atoms. The summed E-state index contributed by atoms with van der Waals surface area (Å²) in [5, 5.41) is 13.8. The van der Waals surface area contributed by atoms with Crippen molar-refractivity contribution in [1.82, 2.24) is 4.98 Å². The van der Waals surface area contributed by atoms with Crippen LogP contribution in [0.25, 0.3) is 10.8 Å². The van der Waals surface area contributed by atoms with Gasteiger partial charge in [-0.1, -0.05) is 6.42 Å². The zero-order valence-corrected chi connectivity index (χ0v) is 12.8. The van der Waals surface area contributed by atoms with E-state index >= 15 is 0 Å². The molecular weight excluding hydrogens is 296 g/mol. The van der Waals surface area contributed by atoms with E-state index in [0.717, 1.165) is 17.2 Å². The lowest BCUT2D eigenvalue weighted by Crippen LogP contribution is -2.41. The number of carbonyl (C=O) groups is 2. The van der Waals surface area contributed by atoms with Gasteiger partial charge < -0.3 is 15.2 Å². The van der Waals surface area contributed by atoms with Crippen LogP contribution >= 0.6 is 0 Å². The van der Waals surface area contributed by atoms with E-state index in [4.69, 9.17) is 4.74 Å². The van der Waals surface area contributed by atoms with Crippen LogP contribution in [0.2, 0.25) is 0 Å². The summed E-state index contributed by atoms with van der Waals surface area (Å²) in [4.78, 5) is 27.6. The van der Waals surface area contributed by atoms with Gasteiger partial charge in [0.1, 0.15) is 0 Å². The lowest BCUT2D eigenvalue weighted by atomic mass is 9.66. The van der Waals surface area contributed by atoms with Crippen molar-refractivity contribution in [1.29, 1.82) is 0 Å². The molecule has 1 heterocycles. The first-order valence-electron chi connectivity index (χ1n) is 7.50. The number of aliphatic carboxylic acids is 1. The third-order valence-corrected chi connectivity index (χ3v) is 4.47. The number of rotatable bonds is 5. The molecule has 23 heavy (non-hydrogen) atoms. The molecular formula is C17H18N2O4. The summed E-state index contributed by atoms with van der Waals surface area (Å²) in [6.07, 6.45) is 3.65. The Morgan fingerprint density at radius 3 is 2.74 bits per heavy atom. The topological polar surface area (TPSA) is 88.5 Å². The molecule has 1 amide bonds. The molecule has 0 aliphatic heterocycles. The van der Waals surface area contributed by atoms with Crippen LogP contribution in [0.1, 0.15) is 25.7 Å². The number of hydrogen-bond donors (Lipinski definition) is 2. The lowest BCUT2D eigenvalue weighted by Gasteiger charge is -2.36. The first-order valence-corrected chi connectivity index (χ1v) is 7.50. The standard InChI is InChI=1S/C17H18N2O4/c1-23-15-13-4-3-12(9-11(13)5-8-18-15)19-14(20)10-17(16(21)22)6-2-7-17/h3-5,8-9H,2,6-7,10H2,1H3,(H,19,20)(H,21,22). The highest BCUT2D eigenvalue weighted by Gasteiger charge is 2.45. The molecule has 2 aromatic rings. The minimum atomic E-state index is -0.881. The van der Waals surface area contributed by atoms with Crippen molar-refractivity contribution in [2.24, 2.45) is 5.41 Å². The Bertz CT molecular complexity index is 768. The van der Waals surface area contributed by atoms with Gasteiger partial charge in [-0.2, -0.15) is 0 Å². The highest BCUT2D eigenvalue weighted by Crippen LogP contribution is 2.44. The fourth-order valence-corrected chi connectivity index (χ4v) is 2.97. The van der Waals surface area contributed by atoms with Crippen molar-refractivity contribution in [3.05, 3.63) is 30.5 Å². The number of carboxylic acids is 1. The fraction of sp³-hybridized carbons (Fsp3) is 0.353. The molecule has 120 valence electrons. The van der Waals surface area contributed by atoms with Gasteiger partial charge >= 0.3 is 5.97 Å². The van der Waals surface area contributed by atoms with Gasteiger partial charge in [0.05, 0.1) is 12.5 Å². The largest absolute Gasteiger partial charge is 0.481 e. The molecule has 3 rings (SSSR count). The second-order valence-corrected chi connectivity index (χ2v) is 5.92. The fourth-order valence-electron chi connectivity index (χ4n) is 2.97. The zero-order chi connectivity index (χ0) is 16.4. The van der Waals surface area contributed by atoms with Crippen molar-refractivity contribution in [2.45, 2.75) is 25.7 Å². The molecule has 1 aliphatic rings. The predicted molar refractivity (Wildman–Crippen MR) is 85.5 cm³/mol. The number of pyridine rings is 1. The normalized spacial score (nSPS) is 15.7. The van der Waals surface area contributed by atoms with Gasteiger partial charge in [0.2, 0.25) is 11.8 Å². The van der Waals surface area contributed by atoms with Gasteiger partial charge in [-0.3, -0.25) is 9.59 Å². The Kier molecular flexibility index (Phi) is 3.90. The first-order chi connectivity index (χ1) is 11.0. The minimum absolute atomic E-state index is 0.0139. The summed E-state index contributed by atoms with van der Waals surface area (Å²) in [5.41, 5.74) is -0.246. The van der Waals surface area contributed by atoms with Crippen LogP contribution in [0.4, 0.5) is 5.69 Å². The SMILES string of the molecule is COc1nccc2cc(NC(=O)CC3(C(=O)O)CCC3)ccc12. The van der Waals surface area contributed by atoms with Crippen LogP contribution in [0, 0.1) is 5.41 Å². The number of carbonyl (C=O) groups excluding carboxylic acids is 1. The summed E-state index contributed by atoms with van der Waals surface area (Å²) >= 11 is 0. The van der Waals surface area contributed by atoms with Crippen molar-refractivity contribution in [3.8, 4) is 5.88 Å². The van der Waals surface area contributed by atoms with Gasteiger partial charge in [-0.05, 0) is 42.5 Å². The Hall–Kier alpha value is -2.63. The molecule has 0 unspecified atom stereocenters.